The van der Waals surface area contributed by atoms with E-state index >= 15 is 0 Å². The highest BCUT2D eigenvalue weighted by Crippen LogP contribution is 2.27. The minimum absolute atomic E-state index is 0.591. The van der Waals surface area contributed by atoms with Crippen molar-refractivity contribution in [3.8, 4) is 0 Å². The van der Waals surface area contributed by atoms with E-state index in [0.717, 1.165) is 25.0 Å². The van der Waals surface area contributed by atoms with Crippen LogP contribution in [0.2, 0.25) is 0 Å². The Kier molecular flexibility index (Phi) is 3.61. The number of rotatable bonds is 3. The first-order valence-corrected chi connectivity index (χ1v) is 6.97. The fourth-order valence-electron chi connectivity index (χ4n) is 3.13. The Morgan fingerprint density at radius 2 is 2.17 bits per heavy atom. The number of ether oxygens (including phenoxy) is 1. The third-order valence-corrected chi connectivity index (χ3v) is 4.24. The Morgan fingerprint density at radius 1 is 1.33 bits per heavy atom. The van der Waals surface area contributed by atoms with Crippen molar-refractivity contribution in [2.24, 2.45) is 13.0 Å². The van der Waals surface area contributed by atoms with Gasteiger partial charge < -0.3 is 14.2 Å². The van der Waals surface area contributed by atoms with Crippen molar-refractivity contribution in [1.29, 1.82) is 0 Å². The van der Waals surface area contributed by atoms with Gasteiger partial charge in [0.2, 0.25) is 0 Å². The summed E-state index contributed by atoms with van der Waals surface area (Å²) in [6.45, 7) is 5.51. The molecular weight excluding hydrogens is 228 g/mol. The topological polar surface area (TPSA) is 43.2 Å². The van der Waals surface area contributed by atoms with E-state index in [9.17, 15) is 0 Å². The van der Waals surface area contributed by atoms with Gasteiger partial charge in [-0.25, -0.2) is 0 Å². The van der Waals surface area contributed by atoms with Crippen LogP contribution in [0, 0.1) is 5.92 Å². The number of aromatic nitrogens is 3. The van der Waals surface area contributed by atoms with Crippen LogP contribution in [0.4, 0.5) is 0 Å². The van der Waals surface area contributed by atoms with Crippen molar-refractivity contribution in [3.05, 3.63) is 12.2 Å². The summed E-state index contributed by atoms with van der Waals surface area (Å²) >= 11 is 0. The quantitative estimate of drug-likeness (QED) is 0.803. The molecule has 2 aliphatic rings. The highest BCUT2D eigenvalue weighted by atomic mass is 16.5. The summed E-state index contributed by atoms with van der Waals surface area (Å²) in [7, 11) is 2.04. The highest BCUT2D eigenvalue weighted by molar-refractivity contribution is 4.98. The number of hydrogen-bond acceptors (Lipinski definition) is 4. The molecule has 0 saturated carbocycles. The van der Waals surface area contributed by atoms with E-state index in [1.165, 1.54) is 38.9 Å². The van der Waals surface area contributed by atoms with Gasteiger partial charge in [-0.15, -0.1) is 10.2 Å². The monoisotopic (exact) mass is 250 g/mol. The molecule has 2 aliphatic heterocycles. The highest BCUT2D eigenvalue weighted by Gasteiger charge is 2.26. The fraction of sp³-hybridized carbons (Fsp3) is 0.846. The first-order chi connectivity index (χ1) is 8.83. The number of likely N-dealkylation sites (tertiary alicyclic amines) is 1. The van der Waals surface area contributed by atoms with Crippen molar-refractivity contribution >= 4 is 0 Å². The largest absolute Gasteiger partial charge is 0.381 e. The smallest absolute Gasteiger partial charge is 0.135 e. The maximum Gasteiger partial charge on any atom is 0.135 e. The maximum atomic E-state index is 5.45. The van der Waals surface area contributed by atoms with Gasteiger partial charge in [0.05, 0.1) is 6.61 Å². The lowest BCUT2D eigenvalue weighted by atomic mass is 9.95. The van der Waals surface area contributed by atoms with Gasteiger partial charge >= 0.3 is 0 Å². The third kappa shape index (κ3) is 2.57. The van der Waals surface area contributed by atoms with Crippen molar-refractivity contribution in [3.63, 3.8) is 0 Å². The predicted octanol–water partition coefficient (Wildman–Crippen LogP) is 1.03. The minimum atomic E-state index is 0.591. The lowest BCUT2D eigenvalue weighted by Crippen LogP contribution is -2.37. The number of aryl methyl sites for hydroxylation is 1. The summed E-state index contributed by atoms with van der Waals surface area (Å²) in [5.41, 5.74) is 0. The summed E-state index contributed by atoms with van der Waals surface area (Å²) in [4.78, 5) is 2.59. The molecule has 2 fully saturated rings. The molecule has 18 heavy (non-hydrogen) atoms. The van der Waals surface area contributed by atoms with Crippen LogP contribution in [0.5, 0.6) is 0 Å². The average molecular weight is 250 g/mol. The predicted molar refractivity (Wildman–Crippen MR) is 68.3 cm³/mol. The molecule has 0 aromatic carbocycles. The van der Waals surface area contributed by atoms with Crippen LogP contribution in [0.1, 0.15) is 31.0 Å². The molecule has 3 heterocycles. The molecule has 0 amide bonds. The average Bonchev–Trinajstić information content (AvgIpc) is 3.02. The van der Waals surface area contributed by atoms with Crippen LogP contribution in [0.3, 0.4) is 0 Å². The van der Waals surface area contributed by atoms with Gasteiger partial charge in [0.25, 0.3) is 0 Å². The molecule has 1 aromatic rings. The first kappa shape index (κ1) is 12.1. The van der Waals surface area contributed by atoms with Crippen LogP contribution in [-0.4, -0.2) is 52.5 Å². The van der Waals surface area contributed by atoms with E-state index in [1.807, 2.05) is 7.05 Å². The van der Waals surface area contributed by atoms with Gasteiger partial charge in [-0.05, 0) is 38.3 Å². The lowest BCUT2D eigenvalue weighted by Gasteiger charge is -2.32. The van der Waals surface area contributed by atoms with Crippen molar-refractivity contribution in [2.75, 3.05) is 32.8 Å². The zero-order chi connectivity index (χ0) is 12.4. The SMILES string of the molecule is Cn1cnnc1C1CCN(CC2CCOC2)CC1. The summed E-state index contributed by atoms with van der Waals surface area (Å²) in [5, 5.41) is 8.22. The number of piperidine rings is 1. The molecule has 1 atom stereocenters. The molecule has 100 valence electrons. The Morgan fingerprint density at radius 3 is 2.78 bits per heavy atom. The molecule has 1 unspecified atom stereocenters. The Bertz CT molecular complexity index is 378. The van der Waals surface area contributed by atoms with E-state index in [2.05, 4.69) is 19.7 Å². The molecule has 0 spiro atoms. The Balaban J connectivity index is 1.50. The molecule has 0 bridgehead atoms. The molecule has 0 N–H and O–H groups in total. The van der Waals surface area contributed by atoms with Crippen molar-refractivity contribution in [1.82, 2.24) is 19.7 Å². The van der Waals surface area contributed by atoms with Crippen molar-refractivity contribution in [2.45, 2.75) is 25.2 Å². The van der Waals surface area contributed by atoms with Crippen LogP contribution in [-0.2, 0) is 11.8 Å². The summed E-state index contributed by atoms with van der Waals surface area (Å²) < 4.78 is 7.51. The second-order valence-corrected chi connectivity index (χ2v) is 5.60. The normalized spacial score (nSPS) is 26.8. The minimum Gasteiger partial charge on any atom is -0.381 e. The summed E-state index contributed by atoms with van der Waals surface area (Å²) in [6.07, 6.45) is 5.46. The fourth-order valence-corrected chi connectivity index (χ4v) is 3.13. The van der Waals surface area contributed by atoms with Crippen LogP contribution in [0.25, 0.3) is 0 Å². The van der Waals surface area contributed by atoms with Gasteiger partial charge in [-0.1, -0.05) is 0 Å². The first-order valence-electron chi connectivity index (χ1n) is 6.97. The van der Waals surface area contributed by atoms with Crippen LogP contribution < -0.4 is 0 Å². The third-order valence-electron chi connectivity index (χ3n) is 4.24. The van der Waals surface area contributed by atoms with E-state index in [4.69, 9.17) is 4.74 Å². The van der Waals surface area contributed by atoms with E-state index in [-0.39, 0.29) is 0 Å². The van der Waals surface area contributed by atoms with Gasteiger partial charge in [0, 0.05) is 26.1 Å². The van der Waals surface area contributed by atoms with E-state index < -0.39 is 0 Å². The van der Waals surface area contributed by atoms with Crippen molar-refractivity contribution < 1.29 is 4.74 Å². The summed E-state index contributed by atoms with van der Waals surface area (Å²) in [5.74, 6) is 2.50. The molecule has 0 radical (unpaired) electrons. The molecule has 5 heteroatoms. The Labute approximate surface area is 108 Å². The van der Waals surface area contributed by atoms with E-state index in [0.29, 0.717) is 5.92 Å². The van der Waals surface area contributed by atoms with E-state index in [1.54, 1.807) is 6.33 Å². The lowest BCUT2D eigenvalue weighted by molar-refractivity contribution is 0.151. The van der Waals surface area contributed by atoms with Gasteiger partial charge in [-0.2, -0.15) is 0 Å². The number of nitrogens with zero attached hydrogens (tertiary/aromatic N) is 4. The zero-order valence-electron chi connectivity index (χ0n) is 11.1. The summed E-state index contributed by atoms with van der Waals surface area (Å²) in [6, 6.07) is 0. The standard InChI is InChI=1S/C13H22N4O/c1-16-10-14-15-13(16)12-2-5-17(6-3-12)8-11-4-7-18-9-11/h10-12H,2-9H2,1H3. The molecule has 2 saturated heterocycles. The second-order valence-electron chi connectivity index (χ2n) is 5.60. The number of hydrogen-bond donors (Lipinski definition) is 0. The molecule has 1 aromatic heterocycles. The molecule has 0 aliphatic carbocycles. The van der Waals surface area contributed by atoms with Crippen LogP contribution >= 0.6 is 0 Å². The second kappa shape index (κ2) is 5.36. The van der Waals surface area contributed by atoms with Gasteiger partial charge in [0.15, 0.2) is 0 Å². The molecule has 3 rings (SSSR count). The zero-order valence-corrected chi connectivity index (χ0v) is 11.1. The molecular formula is C13H22N4O. The maximum absolute atomic E-state index is 5.45. The van der Waals surface area contributed by atoms with Gasteiger partial charge in [0.1, 0.15) is 12.2 Å². The Hall–Kier alpha value is -0.940. The molecule has 5 nitrogen and oxygen atoms in total. The van der Waals surface area contributed by atoms with Gasteiger partial charge in [-0.3, -0.25) is 0 Å². The van der Waals surface area contributed by atoms with Crippen LogP contribution in [0.15, 0.2) is 6.33 Å².